The lowest BCUT2D eigenvalue weighted by molar-refractivity contribution is -0.128. The molecule has 0 aliphatic rings. The van der Waals surface area contributed by atoms with Crippen molar-refractivity contribution in [1.82, 2.24) is 19.9 Å². The molecule has 0 atom stereocenters. The molecule has 2 N–H and O–H groups in total. The molecule has 118 valence electrons. The number of carbonyl (C=O) groups is 1. The monoisotopic (exact) mass is 296 g/mol. The van der Waals surface area contributed by atoms with Crippen LogP contribution in [-0.4, -0.2) is 59.0 Å². The zero-order valence-corrected chi connectivity index (χ0v) is 13.1. The Kier molecular flexibility index (Phi) is 7.20. The first-order valence-corrected chi connectivity index (χ1v) is 7.22. The van der Waals surface area contributed by atoms with Gasteiger partial charge >= 0.3 is 6.01 Å². The van der Waals surface area contributed by atoms with Gasteiger partial charge < -0.3 is 20.3 Å². The fourth-order valence-electron chi connectivity index (χ4n) is 1.65. The molecule has 21 heavy (non-hydrogen) atoms. The Hall–Kier alpha value is -2.12. The second-order valence-corrected chi connectivity index (χ2v) is 4.28. The van der Waals surface area contributed by atoms with Crippen LogP contribution in [0.2, 0.25) is 0 Å². The number of amides is 1. The first-order valence-electron chi connectivity index (χ1n) is 7.22. The third-order valence-corrected chi connectivity index (χ3v) is 2.79. The van der Waals surface area contributed by atoms with Gasteiger partial charge in [0.1, 0.15) is 0 Å². The number of anilines is 2. The van der Waals surface area contributed by atoms with Gasteiger partial charge in [0.25, 0.3) is 0 Å². The predicted octanol–water partition coefficient (Wildman–Crippen LogP) is 0.982. The van der Waals surface area contributed by atoms with E-state index in [1.165, 1.54) is 0 Å². The standard InChI is InChI=1S/C13H24N6O2/c1-5-8-21-13-17-11(14-4)16-12(18-13)15-9-10(20)19(6-2)7-3/h5-9H2,1-4H3,(H2,14,15,16,17,18). The maximum atomic E-state index is 11.9. The maximum Gasteiger partial charge on any atom is 0.323 e. The number of aromatic nitrogens is 3. The van der Waals surface area contributed by atoms with E-state index in [2.05, 4.69) is 25.6 Å². The third-order valence-electron chi connectivity index (χ3n) is 2.79. The Bertz CT molecular complexity index is 450. The molecule has 8 heteroatoms. The number of likely N-dealkylation sites (N-methyl/N-ethyl adjacent to an activating group) is 1. The van der Waals surface area contributed by atoms with Crippen molar-refractivity contribution in [2.24, 2.45) is 0 Å². The third kappa shape index (κ3) is 5.41. The van der Waals surface area contributed by atoms with Crippen LogP contribution in [0.3, 0.4) is 0 Å². The number of ether oxygens (including phenoxy) is 1. The Balaban J connectivity index is 2.71. The molecule has 0 aliphatic heterocycles. The molecule has 1 rings (SSSR count). The van der Waals surface area contributed by atoms with E-state index in [1.807, 2.05) is 20.8 Å². The quantitative estimate of drug-likeness (QED) is 0.701. The molecule has 0 unspecified atom stereocenters. The molecule has 0 aromatic carbocycles. The zero-order chi connectivity index (χ0) is 15.7. The summed E-state index contributed by atoms with van der Waals surface area (Å²) in [5.41, 5.74) is 0. The second kappa shape index (κ2) is 8.93. The number of hydrogen-bond acceptors (Lipinski definition) is 7. The van der Waals surface area contributed by atoms with E-state index < -0.39 is 0 Å². The summed E-state index contributed by atoms with van der Waals surface area (Å²) in [5.74, 6) is 0.720. The van der Waals surface area contributed by atoms with Crippen LogP contribution in [-0.2, 0) is 4.79 Å². The summed E-state index contributed by atoms with van der Waals surface area (Å²) in [7, 11) is 1.71. The van der Waals surface area contributed by atoms with E-state index in [4.69, 9.17) is 4.74 Å². The van der Waals surface area contributed by atoms with Crippen molar-refractivity contribution in [2.75, 3.05) is 43.9 Å². The van der Waals surface area contributed by atoms with Crippen molar-refractivity contribution in [3.63, 3.8) is 0 Å². The molecule has 1 aromatic rings. The van der Waals surface area contributed by atoms with Gasteiger partial charge in [-0.25, -0.2) is 0 Å². The molecule has 8 nitrogen and oxygen atoms in total. The summed E-state index contributed by atoms with van der Waals surface area (Å²) < 4.78 is 5.40. The summed E-state index contributed by atoms with van der Waals surface area (Å²) in [6, 6.07) is 0.244. The number of nitrogens with zero attached hydrogens (tertiary/aromatic N) is 4. The van der Waals surface area contributed by atoms with Crippen LogP contribution in [0, 0.1) is 0 Å². The molecule has 1 aromatic heterocycles. The molecule has 0 saturated carbocycles. The molecular formula is C13H24N6O2. The van der Waals surface area contributed by atoms with E-state index in [0.29, 0.717) is 31.6 Å². The number of hydrogen-bond donors (Lipinski definition) is 2. The van der Waals surface area contributed by atoms with E-state index in [-0.39, 0.29) is 18.5 Å². The highest BCUT2D eigenvalue weighted by Crippen LogP contribution is 2.10. The molecule has 0 aliphatic carbocycles. The number of carbonyl (C=O) groups excluding carboxylic acids is 1. The van der Waals surface area contributed by atoms with E-state index >= 15 is 0 Å². The lowest BCUT2D eigenvalue weighted by Crippen LogP contribution is -2.35. The lowest BCUT2D eigenvalue weighted by atomic mass is 10.4. The largest absolute Gasteiger partial charge is 0.463 e. The van der Waals surface area contributed by atoms with Crippen LogP contribution < -0.4 is 15.4 Å². The van der Waals surface area contributed by atoms with Crippen molar-refractivity contribution in [3.05, 3.63) is 0 Å². The van der Waals surface area contributed by atoms with Gasteiger partial charge in [-0.1, -0.05) is 6.92 Å². The fraction of sp³-hybridized carbons (Fsp3) is 0.692. The Morgan fingerprint density at radius 3 is 2.38 bits per heavy atom. The number of nitrogens with one attached hydrogen (secondary N) is 2. The zero-order valence-electron chi connectivity index (χ0n) is 13.1. The Morgan fingerprint density at radius 1 is 1.14 bits per heavy atom. The van der Waals surface area contributed by atoms with Crippen molar-refractivity contribution >= 4 is 17.8 Å². The van der Waals surface area contributed by atoms with Gasteiger partial charge in [-0.3, -0.25) is 4.79 Å². The van der Waals surface area contributed by atoms with Gasteiger partial charge in [0.15, 0.2) is 0 Å². The molecule has 0 radical (unpaired) electrons. The smallest absolute Gasteiger partial charge is 0.323 e. The van der Waals surface area contributed by atoms with Gasteiger partial charge in [-0.15, -0.1) is 0 Å². The first-order chi connectivity index (χ1) is 10.1. The molecule has 1 amide bonds. The summed E-state index contributed by atoms with van der Waals surface area (Å²) in [5, 5.41) is 5.75. The van der Waals surface area contributed by atoms with Crippen LogP contribution in [0.1, 0.15) is 27.2 Å². The normalized spacial score (nSPS) is 10.1. The van der Waals surface area contributed by atoms with Gasteiger partial charge in [0, 0.05) is 20.1 Å². The fourth-order valence-corrected chi connectivity index (χ4v) is 1.65. The van der Waals surface area contributed by atoms with E-state index in [1.54, 1.807) is 11.9 Å². The molecule has 1 heterocycles. The lowest BCUT2D eigenvalue weighted by Gasteiger charge is -2.18. The highest BCUT2D eigenvalue weighted by atomic mass is 16.5. The van der Waals surface area contributed by atoms with Crippen molar-refractivity contribution < 1.29 is 9.53 Å². The summed E-state index contributed by atoms with van der Waals surface area (Å²) in [6.45, 7) is 7.93. The van der Waals surface area contributed by atoms with Crippen LogP contribution >= 0.6 is 0 Å². The molecular weight excluding hydrogens is 272 g/mol. The minimum absolute atomic E-state index is 0.00227. The second-order valence-electron chi connectivity index (χ2n) is 4.28. The van der Waals surface area contributed by atoms with E-state index in [0.717, 1.165) is 6.42 Å². The van der Waals surface area contributed by atoms with Crippen molar-refractivity contribution in [2.45, 2.75) is 27.2 Å². The Labute approximate surface area is 125 Å². The maximum absolute atomic E-state index is 11.9. The summed E-state index contributed by atoms with van der Waals surface area (Å²) >= 11 is 0. The van der Waals surface area contributed by atoms with E-state index in [9.17, 15) is 4.79 Å². The average Bonchev–Trinajstić information content (AvgIpc) is 2.51. The highest BCUT2D eigenvalue weighted by Gasteiger charge is 2.11. The van der Waals surface area contributed by atoms with Gasteiger partial charge in [-0.05, 0) is 20.3 Å². The minimum atomic E-state index is 0.00227. The summed E-state index contributed by atoms with van der Waals surface area (Å²) in [4.78, 5) is 26.0. The number of rotatable bonds is 9. The molecule has 0 saturated heterocycles. The van der Waals surface area contributed by atoms with Gasteiger partial charge in [0.2, 0.25) is 17.8 Å². The predicted molar refractivity (Wildman–Crippen MR) is 81.6 cm³/mol. The topological polar surface area (TPSA) is 92.3 Å². The molecule has 0 spiro atoms. The van der Waals surface area contributed by atoms with Gasteiger partial charge in [-0.2, -0.15) is 15.0 Å². The molecule has 0 fully saturated rings. The average molecular weight is 296 g/mol. The first kappa shape index (κ1) is 16.9. The van der Waals surface area contributed by atoms with Crippen LogP contribution in [0.5, 0.6) is 6.01 Å². The SMILES string of the molecule is CCCOc1nc(NC)nc(NCC(=O)N(CC)CC)n1. The van der Waals surface area contributed by atoms with Crippen molar-refractivity contribution in [3.8, 4) is 6.01 Å². The van der Waals surface area contributed by atoms with Gasteiger partial charge in [0.05, 0.1) is 13.2 Å². The molecule has 0 bridgehead atoms. The van der Waals surface area contributed by atoms with Crippen molar-refractivity contribution in [1.29, 1.82) is 0 Å². The highest BCUT2D eigenvalue weighted by molar-refractivity contribution is 5.80. The van der Waals surface area contributed by atoms with Crippen LogP contribution in [0.25, 0.3) is 0 Å². The van der Waals surface area contributed by atoms with Crippen LogP contribution in [0.15, 0.2) is 0 Å². The minimum Gasteiger partial charge on any atom is -0.463 e. The Morgan fingerprint density at radius 2 is 1.81 bits per heavy atom. The van der Waals surface area contributed by atoms with Crippen LogP contribution in [0.4, 0.5) is 11.9 Å². The summed E-state index contributed by atoms with van der Waals surface area (Å²) in [6.07, 6.45) is 0.865.